The molecule has 0 unspecified atom stereocenters. The topological polar surface area (TPSA) is 47.7 Å². The molecule has 2 N–H and O–H groups in total. The maximum Gasteiger partial charge on any atom is 0.0971 e. The van der Waals surface area contributed by atoms with Crippen molar-refractivity contribution >= 4 is 0 Å². The summed E-state index contributed by atoms with van der Waals surface area (Å²) in [5.74, 6) is 0. The average molecular weight is 202 g/mol. The molecule has 1 aliphatic rings. The van der Waals surface area contributed by atoms with Crippen LogP contribution in [0, 0.1) is 0 Å². The molecule has 1 aliphatic heterocycles. The molecule has 84 valence electrons. The van der Waals surface area contributed by atoms with Crippen LogP contribution in [0.5, 0.6) is 0 Å². The van der Waals surface area contributed by atoms with Crippen LogP contribution in [0.4, 0.5) is 0 Å². The van der Waals surface area contributed by atoms with Gasteiger partial charge in [0.2, 0.25) is 0 Å². The van der Waals surface area contributed by atoms with E-state index >= 15 is 0 Å². The van der Waals surface area contributed by atoms with Gasteiger partial charge in [-0.25, -0.2) is 0 Å². The van der Waals surface area contributed by atoms with Gasteiger partial charge in [-0.05, 0) is 13.8 Å². The van der Waals surface area contributed by atoms with Gasteiger partial charge in [0.15, 0.2) is 0 Å². The number of likely N-dealkylation sites (tertiary alicyclic amines) is 1. The SMILES string of the molecule is CO[C@H]1CN(CC(C)(C)N)C[C@H]1OC. The second-order valence-corrected chi connectivity index (χ2v) is 4.73. The van der Waals surface area contributed by atoms with Crippen LogP contribution in [0.3, 0.4) is 0 Å². The summed E-state index contributed by atoms with van der Waals surface area (Å²) in [6.45, 7) is 6.78. The van der Waals surface area contributed by atoms with Gasteiger partial charge in [-0.3, -0.25) is 4.90 Å². The Morgan fingerprint density at radius 3 is 1.93 bits per heavy atom. The summed E-state index contributed by atoms with van der Waals surface area (Å²) in [5, 5.41) is 0. The standard InChI is InChI=1S/C10H22N2O2/c1-10(2,11)7-12-5-8(13-3)9(6-12)14-4/h8-9H,5-7,11H2,1-4H3/t8-,9+. The largest absolute Gasteiger partial charge is 0.377 e. The Kier molecular flexibility index (Phi) is 3.89. The van der Waals surface area contributed by atoms with Crippen LogP contribution >= 0.6 is 0 Å². The minimum Gasteiger partial charge on any atom is -0.377 e. The molecule has 1 rings (SSSR count). The highest BCUT2D eigenvalue weighted by Crippen LogP contribution is 2.17. The monoisotopic (exact) mass is 202 g/mol. The highest BCUT2D eigenvalue weighted by molar-refractivity contribution is 4.89. The Bertz CT molecular complexity index is 167. The lowest BCUT2D eigenvalue weighted by atomic mass is 10.1. The zero-order chi connectivity index (χ0) is 10.8. The Labute approximate surface area is 86.3 Å². The van der Waals surface area contributed by atoms with Gasteiger partial charge in [0.25, 0.3) is 0 Å². The molecule has 2 atom stereocenters. The molecule has 0 aromatic carbocycles. The molecule has 0 spiro atoms. The number of nitrogens with two attached hydrogens (primary N) is 1. The van der Waals surface area contributed by atoms with Crippen molar-refractivity contribution in [1.29, 1.82) is 0 Å². The van der Waals surface area contributed by atoms with Gasteiger partial charge >= 0.3 is 0 Å². The zero-order valence-corrected chi connectivity index (χ0v) is 9.62. The molecule has 4 heteroatoms. The lowest BCUT2D eigenvalue weighted by Crippen LogP contribution is -2.44. The van der Waals surface area contributed by atoms with E-state index in [2.05, 4.69) is 4.90 Å². The van der Waals surface area contributed by atoms with Crippen LogP contribution in [0.25, 0.3) is 0 Å². The van der Waals surface area contributed by atoms with Crippen LogP contribution in [-0.4, -0.2) is 56.5 Å². The molecule has 14 heavy (non-hydrogen) atoms. The quantitative estimate of drug-likeness (QED) is 0.701. The van der Waals surface area contributed by atoms with E-state index in [1.807, 2.05) is 13.8 Å². The van der Waals surface area contributed by atoms with Gasteiger partial charge in [-0.1, -0.05) is 0 Å². The summed E-state index contributed by atoms with van der Waals surface area (Å²) in [4.78, 5) is 2.29. The Hall–Kier alpha value is -0.160. The summed E-state index contributed by atoms with van der Waals surface area (Å²) in [5.41, 5.74) is 5.81. The van der Waals surface area contributed by atoms with Crippen LogP contribution < -0.4 is 5.73 Å². The summed E-state index contributed by atoms with van der Waals surface area (Å²) in [6, 6.07) is 0. The van der Waals surface area contributed by atoms with Crippen LogP contribution in [0.2, 0.25) is 0 Å². The summed E-state index contributed by atoms with van der Waals surface area (Å²) < 4.78 is 10.7. The average Bonchev–Trinajstić information content (AvgIpc) is 2.43. The Morgan fingerprint density at radius 1 is 1.21 bits per heavy atom. The molecule has 1 fully saturated rings. The van der Waals surface area contributed by atoms with Crippen molar-refractivity contribution in [2.75, 3.05) is 33.9 Å². The molecule has 0 radical (unpaired) electrons. The van der Waals surface area contributed by atoms with E-state index < -0.39 is 0 Å². The van der Waals surface area contributed by atoms with E-state index in [9.17, 15) is 0 Å². The maximum atomic E-state index is 5.97. The van der Waals surface area contributed by atoms with E-state index in [0.29, 0.717) is 0 Å². The third-order valence-electron chi connectivity index (χ3n) is 2.53. The highest BCUT2D eigenvalue weighted by atomic mass is 16.5. The highest BCUT2D eigenvalue weighted by Gasteiger charge is 2.34. The second kappa shape index (κ2) is 4.57. The molecular formula is C10H22N2O2. The molecule has 0 amide bonds. The normalized spacial score (nSPS) is 29.8. The minimum absolute atomic E-state index is 0.152. The van der Waals surface area contributed by atoms with Crippen molar-refractivity contribution < 1.29 is 9.47 Å². The van der Waals surface area contributed by atoms with Crippen molar-refractivity contribution in [2.24, 2.45) is 5.73 Å². The zero-order valence-electron chi connectivity index (χ0n) is 9.62. The summed E-state index contributed by atoms with van der Waals surface area (Å²) in [7, 11) is 3.46. The van der Waals surface area contributed by atoms with Gasteiger partial charge in [-0.15, -0.1) is 0 Å². The van der Waals surface area contributed by atoms with E-state index in [-0.39, 0.29) is 17.7 Å². The molecule has 0 aliphatic carbocycles. The molecule has 0 aromatic heterocycles. The first-order chi connectivity index (χ1) is 6.46. The first-order valence-electron chi connectivity index (χ1n) is 5.03. The molecule has 1 saturated heterocycles. The molecule has 1 heterocycles. The Balaban J connectivity index is 2.45. The molecule has 0 bridgehead atoms. The van der Waals surface area contributed by atoms with Crippen LogP contribution in [0.15, 0.2) is 0 Å². The fourth-order valence-electron chi connectivity index (χ4n) is 1.98. The number of hydrogen-bond donors (Lipinski definition) is 1. The number of nitrogens with zero attached hydrogens (tertiary/aromatic N) is 1. The van der Waals surface area contributed by atoms with Crippen molar-refractivity contribution in [3.63, 3.8) is 0 Å². The Morgan fingerprint density at radius 2 is 1.64 bits per heavy atom. The van der Waals surface area contributed by atoms with Crippen molar-refractivity contribution in [3.8, 4) is 0 Å². The van der Waals surface area contributed by atoms with Crippen molar-refractivity contribution in [2.45, 2.75) is 31.6 Å². The maximum absolute atomic E-state index is 5.97. The fraction of sp³-hybridized carbons (Fsp3) is 1.00. The third-order valence-corrected chi connectivity index (χ3v) is 2.53. The van der Waals surface area contributed by atoms with Crippen molar-refractivity contribution in [3.05, 3.63) is 0 Å². The first kappa shape index (κ1) is 11.9. The van der Waals surface area contributed by atoms with Gasteiger partial charge in [0.1, 0.15) is 0 Å². The fourth-order valence-corrected chi connectivity index (χ4v) is 1.98. The van der Waals surface area contributed by atoms with Gasteiger partial charge in [0, 0.05) is 39.4 Å². The lowest BCUT2D eigenvalue weighted by Gasteiger charge is -2.25. The number of ether oxygens (including phenoxy) is 2. The summed E-state index contributed by atoms with van der Waals surface area (Å²) >= 11 is 0. The third kappa shape index (κ3) is 3.20. The molecular weight excluding hydrogens is 180 g/mol. The summed E-state index contributed by atoms with van der Waals surface area (Å²) in [6.07, 6.45) is 0.365. The van der Waals surface area contributed by atoms with Crippen LogP contribution in [0.1, 0.15) is 13.8 Å². The number of rotatable bonds is 4. The van der Waals surface area contributed by atoms with Gasteiger partial charge in [0.05, 0.1) is 12.2 Å². The molecule has 0 saturated carbocycles. The van der Waals surface area contributed by atoms with Crippen molar-refractivity contribution in [1.82, 2.24) is 4.90 Å². The van der Waals surface area contributed by atoms with E-state index in [1.165, 1.54) is 0 Å². The number of methoxy groups -OCH3 is 2. The van der Waals surface area contributed by atoms with E-state index in [1.54, 1.807) is 14.2 Å². The predicted molar refractivity (Wildman–Crippen MR) is 56.3 cm³/mol. The lowest BCUT2D eigenvalue weighted by molar-refractivity contribution is -0.00461. The van der Waals surface area contributed by atoms with Gasteiger partial charge < -0.3 is 15.2 Å². The molecule has 0 aromatic rings. The van der Waals surface area contributed by atoms with E-state index in [0.717, 1.165) is 19.6 Å². The van der Waals surface area contributed by atoms with E-state index in [4.69, 9.17) is 15.2 Å². The van der Waals surface area contributed by atoms with Gasteiger partial charge in [-0.2, -0.15) is 0 Å². The van der Waals surface area contributed by atoms with Crippen LogP contribution in [-0.2, 0) is 9.47 Å². The predicted octanol–water partition coefficient (Wildman–Crippen LogP) is 0.0693. The molecule has 4 nitrogen and oxygen atoms in total. The number of hydrogen-bond acceptors (Lipinski definition) is 4. The second-order valence-electron chi connectivity index (χ2n) is 4.73. The smallest absolute Gasteiger partial charge is 0.0971 e. The minimum atomic E-state index is -0.152. The first-order valence-corrected chi connectivity index (χ1v) is 5.03.